The zero-order valence-corrected chi connectivity index (χ0v) is 12.4. The molecule has 0 saturated carbocycles. The molecule has 0 radical (unpaired) electrons. The molecule has 0 spiro atoms. The van der Waals surface area contributed by atoms with Crippen LogP contribution in [0, 0.1) is 6.92 Å². The van der Waals surface area contributed by atoms with E-state index in [1.807, 2.05) is 19.9 Å². The minimum Gasteiger partial charge on any atom is -0.481 e. The number of urea groups is 1. The number of amides is 2. The van der Waals surface area contributed by atoms with Gasteiger partial charge in [-0.25, -0.2) is 4.79 Å². The van der Waals surface area contributed by atoms with Crippen LogP contribution in [-0.4, -0.2) is 46.5 Å². The summed E-state index contributed by atoms with van der Waals surface area (Å²) in [6.07, 6.45) is 1.53. The molecular formula is C14H22N2O4. The van der Waals surface area contributed by atoms with Crippen molar-refractivity contribution in [3.05, 3.63) is 23.7 Å². The minimum atomic E-state index is -0.905. The van der Waals surface area contributed by atoms with Crippen LogP contribution >= 0.6 is 0 Å². The lowest BCUT2D eigenvalue weighted by molar-refractivity contribution is -0.138. The summed E-state index contributed by atoms with van der Waals surface area (Å²) < 4.78 is 5.20. The maximum Gasteiger partial charge on any atom is 0.320 e. The van der Waals surface area contributed by atoms with Crippen LogP contribution in [0.3, 0.4) is 0 Å². The molecule has 20 heavy (non-hydrogen) atoms. The van der Waals surface area contributed by atoms with Crippen LogP contribution in [0.5, 0.6) is 0 Å². The molecule has 1 unspecified atom stereocenters. The van der Waals surface area contributed by atoms with Crippen molar-refractivity contribution in [2.75, 3.05) is 13.6 Å². The first-order valence-corrected chi connectivity index (χ1v) is 6.63. The Labute approximate surface area is 119 Å². The number of furan rings is 1. The first-order valence-electron chi connectivity index (χ1n) is 6.63. The lowest BCUT2D eigenvalue weighted by Gasteiger charge is -2.31. The molecule has 0 bridgehead atoms. The third kappa shape index (κ3) is 4.01. The normalized spacial score (nSPS) is 12.0. The van der Waals surface area contributed by atoms with Crippen LogP contribution < -0.4 is 0 Å². The second kappa shape index (κ2) is 6.98. The van der Waals surface area contributed by atoms with Crippen LogP contribution in [0.2, 0.25) is 0 Å². The summed E-state index contributed by atoms with van der Waals surface area (Å²) >= 11 is 0. The van der Waals surface area contributed by atoms with Gasteiger partial charge in [0.15, 0.2) is 0 Å². The largest absolute Gasteiger partial charge is 0.481 e. The van der Waals surface area contributed by atoms with Gasteiger partial charge in [0, 0.05) is 25.2 Å². The number of rotatable bonds is 6. The summed E-state index contributed by atoms with van der Waals surface area (Å²) in [7, 11) is 1.70. The van der Waals surface area contributed by atoms with Crippen LogP contribution in [0.1, 0.15) is 31.6 Å². The van der Waals surface area contributed by atoms with Gasteiger partial charge in [-0.05, 0) is 26.8 Å². The molecule has 0 aliphatic heterocycles. The molecule has 1 aromatic rings. The van der Waals surface area contributed by atoms with E-state index in [4.69, 9.17) is 9.52 Å². The van der Waals surface area contributed by atoms with Gasteiger partial charge in [-0.15, -0.1) is 0 Å². The molecule has 0 saturated heterocycles. The van der Waals surface area contributed by atoms with Gasteiger partial charge in [0.25, 0.3) is 0 Å². The molecule has 6 heteroatoms. The first-order chi connectivity index (χ1) is 9.36. The van der Waals surface area contributed by atoms with Crippen molar-refractivity contribution in [3.63, 3.8) is 0 Å². The summed E-state index contributed by atoms with van der Waals surface area (Å²) in [6, 6.07) is 1.32. The number of aryl methyl sites for hydroxylation is 1. The maximum atomic E-state index is 12.4. The van der Waals surface area contributed by atoms with Crippen LogP contribution in [0.25, 0.3) is 0 Å². The molecule has 1 heterocycles. The van der Waals surface area contributed by atoms with Crippen LogP contribution in [-0.2, 0) is 11.3 Å². The molecule has 1 rings (SSSR count). The predicted octanol–water partition coefficient (Wildman–Crippen LogP) is 2.32. The molecule has 1 atom stereocenters. The van der Waals surface area contributed by atoms with Gasteiger partial charge < -0.3 is 19.3 Å². The number of nitrogens with zero attached hydrogens (tertiary/aromatic N) is 2. The highest BCUT2D eigenvalue weighted by molar-refractivity contribution is 5.76. The monoisotopic (exact) mass is 282 g/mol. The second-order valence-electron chi connectivity index (χ2n) is 4.87. The lowest BCUT2D eigenvalue weighted by Crippen LogP contribution is -2.46. The standard InChI is InChI=1S/C14H22N2O4/c1-5-16(10(2)8-13(17)18)14(19)15(4)9-12-6-7-20-11(12)3/h6-7,10H,5,8-9H2,1-4H3,(H,17,18). The number of carbonyl (C=O) groups excluding carboxylic acids is 1. The van der Waals surface area contributed by atoms with Crippen LogP contribution in [0.15, 0.2) is 16.7 Å². The van der Waals surface area contributed by atoms with E-state index >= 15 is 0 Å². The lowest BCUT2D eigenvalue weighted by atomic mass is 10.2. The van der Waals surface area contributed by atoms with Crippen molar-refractivity contribution in [2.24, 2.45) is 0 Å². The third-order valence-corrected chi connectivity index (χ3v) is 3.29. The van der Waals surface area contributed by atoms with Crippen molar-refractivity contribution < 1.29 is 19.1 Å². The van der Waals surface area contributed by atoms with Crippen LogP contribution in [0.4, 0.5) is 4.79 Å². The van der Waals surface area contributed by atoms with E-state index in [9.17, 15) is 9.59 Å². The fourth-order valence-corrected chi connectivity index (χ4v) is 2.12. The quantitative estimate of drug-likeness (QED) is 0.869. The number of hydrogen-bond donors (Lipinski definition) is 1. The van der Waals surface area contributed by atoms with Gasteiger partial charge >= 0.3 is 12.0 Å². The van der Waals surface area contributed by atoms with Crippen molar-refractivity contribution >= 4 is 12.0 Å². The van der Waals surface area contributed by atoms with E-state index in [1.165, 1.54) is 0 Å². The van der Waals surface area contributed by atoms with Gasteiger partial charge in [-0.2, -0.15) is 0 Å². The summed E-state index contributed by atoms with van der Waals surface area (Å²) in [4.78, 5) is 26.3. The molecule has 0 aliphatic carbocycles. The number of hydrogen-bond acceptors (Lipinski definition) is 3. The predicted molar refractivity (Wildman–Crippen MR) is 74.4 cm³/mol. The smallest absolute Gasteiger partial charge is 0.320 e. The fraction of sp³-hybridized carbons (Fsp3) is 0.571. The van der Waals surface area contributed by atoms with E-state index < -0.39 is 5.97 Å². The number of carboxylic acid groups (broad SMARTS) is 1. The molecular weight excluding hydrogens is 260 g/mol. The zero-order valence-electron chi connectivity index (χ0n) is 12.4. The van der Waals surface area contributed by atoms with Gasteiger partial charge in [-0.3, -0.25) is 4.79 Å². The average molecular weight is 282 g/mol. The third-order valence-electron chi connectivity index (χ3n) is 3.29. The topological polar surface area (TPSA) is 74.0 Å². The van der Waals surface area contributed by atoms with Crippen molar-refractivity contribution in [3.8, 4) is 0 Å². The Morgan fingerprint density at radius 2 is 2.10 bits per heavy atom. The highest BCUT2D eigenvalue weighted by Gasteiger charge is 2.24. The molecule has 2 amide bonds. The van der Waals surface area contributed by atoms with Crippen molar-refractivity contribution in [1.82, 2.24) is 9.80 Å². The van der Waals surface area contributed by atoms with E-state index in [0.717, 1.165) is 11.3 Å². The number of carboxylic acids is 1. The van der Waals surface area contributed by atoms with Crippen molar-refractivity contribution in [1.29, 1.82) is 0 Å². The maximum absolute atomic E-state index is 12.4. The average Bonchev–Trinajstić information content (AvgIpc) is 2.74. The molecule has 1 N–H and O–H groups in total. The van der Waals surface area contributed by atoms with Crippen molar-refractivity contribution in [2.45, 2.75) is 39.8 Å². The Balaban J connectivity index is 2.70. The molecule has 112 valence electrons. The Kier molecular flexibility index (Phi) is 5.61. The fourth-order valence-electron chi connectivity index (χ4n) is 2.12. The number of aliphatic carboxylic acids is 1. The van der Waals surface area contributed by atoms with E-state index in [2.05, 4.69) is 0 Å². The van der Waals surface area contributed by atoms with Gasteiger partial charge in [0.2, 0.25) is 0 Å². The highest BCUT2D eigenvalue weighted by Crippen LogP contribution is 2.14. The summed E-state index contributed by atoms with van der Waals surface area (Å²) in [5.74, 6) is -0.122. The number of carbonyl (C=O) groups is 2. The first kappa shape index (κ1) is 16.1. The van der Waals surface area contributed by atoms with E-state index in [0.29, 0.717) is 13.1 Å². The van der Waals surface area contributed by atoms with Gasteiger partial charge in [0.05, 0.1) is 19.2 Å². The highest BCUT2D eigenvalue weighted by atomic mass is 16.4. The summed E-state index contributed by atoms with van der Waals surface area (Å²) in [5, 5.41) is 8.83. The Morgan fingerprint density at radius 3 is 2.55 bits per heavy atom. The Bertz CT molecular complexity index is 469. The molecule has 6 nitrogen and oxygen atoms in total. The van der Waals surface area contributed by atoms with Gasteiger partial charge in [-0.1, -0.05) is 0 Å². The Hall–Kier alpha value is -1.98. The minimum absolute atomic E-state index is 0.0574. The molecule has 0 aliphatic rings. The van der Waals surface area contributed by atoms with E-state index in [1.54, 1.807) is 30.0 Å². The summed E-state index contributed by atoms with van der Waals surface area (Å²) in [5.41, 5.74) is 0.947. The Morgan fingerprint density at radius 1 is 1.45 bits per heavy atom. The van der Waals surface area contributed by atoms with E-state index in [-0.39, 0.29) is 18.5 Å². The molecule has 1 aromatic heterocycles. The second-order valence-corrected chi connectivity index (χ2v) is 4.87. The molecule has 0 fully saturated rings. The SMILES string of the molecule is CCN(C(=O)N(C)Cc1ccoc1C)C(C)CC(=O)O. The van der Waals surface area contributed by atoms with Gasteiger partial charge in [0.1, 0.15) is 5.76 Å². The zero-order chi connectivity index (χ0) is 15.3. The molecule has 0 aromatic carbocycles. The summed E-state index contributed by atoms with van der Waals surface area (Å²) in [6.45, 7) is 6.34.